The summed E-state index contributed by atoms with van der Waals surface area (Å²) in [6, 6.07) is 10.9. The van der Waals surface area contributed by atoms with Crippen molar-refractivity contribution >= 4 is 10.8 Å². The number of aryl methyl sites for hydroxylation is 1. The zero-order valence-corrected chi connectivity index (χ0v) is 19.0. The highest BCUT2D eigenvalue weighted by Crippen LogP contribution is 2.34. The van der Waals surface area contributed by atoms with Crippen molar-refractivity contribution in [3.8, 4) is 23.0 Å². The summed E-state index contributed by atoms with van der Waals surface area (Å²) in [6.07, 6.45) is 3.97. The molecule has 0 unspecified atom stereocenters. The first-order valence-corrected chi connectivity index (χ1v) is 11.6. The molecule has 0 saturated heterocycles. The van der Waals surface area contributed by atoms with Gasteiger partial charge in [-0.25, -0.2) is 13.2 Å². The average molecular weight is 486 g/mol. The molecule has 4 rings (SSSR count). The molecule has 1 saturated carbocycles. The normalized spacial score (nSPS) is 18.2. The molecule has 6 heteroatoms. The number of hydrogen-bond donors (Lipinski definition) is 0. The minimum absolute atomic E-state index is 0.0910. The predicted molar refractivity (Wildman–Crippen MR) is 126 cm³/mol. The van der Waals surface area contributed by atoms with Gasteiger partial charge in [-0.1, -0.05) is 36.3 Å². The second kappa shape index (κ2) is 10.2. The molecule has 0 N–H and O–H groups in total. The van der Waals surface area contributed by atoms with E-state index >= 15 is 0 Å². The van der Waals surface area contributed by atoms with E-state index in [9.17, 15) is 26.3 Å². The van der Waals surface area contributed by atoms with Gasteiger partial charge in [0.15, 0.2) is 5.82 Å². The van der Waals surface area contributed by atoms with Crippen molar-refractivity contribution in [2.75, 3.05) is 0 Å². The fraction of sp³-hybridized carbons (Fsp3) is 0.310. The Morgan fingerprint density at radius 1 is 0.886 bits per heavy atom. The van der Waals surface area contributed by atoms with Crippen LogP contribution in [0.4, 0.5) is 26.3 Å². The molecular formula is C29H24F6. The van der Waals surface area contributed by atoms with Crippen LogP contribution >= 0.6 is 0 Å². The van der Waals surface area contributed by atoms with Crippen molar-refractivity contribution in [2.24, 2.45) is 11.8 Å². The van der Waals surface area contributed by atoms with Crippen molar-refractivity contribution in [1.29, 1.82) is 0 Å². The molecule has 0 aromatic heterocycles. The monoisotopic (exact) mass is 486 g/mol. The molecule has 0 aliphatic heterocycles. The zero-order valence-electron chi connectivity index (χ0n) is 19.0. The van der Waals surface area contributed by atoms with Crippen molar-refractivity contribution in [3.63, 3.8) is 0 Å². The number of rotatable bonds is 5. The standard InChI is InChI=1S/C29H24F6/c1-2-18-3-5-19(6-4-18)7-8-20-9-11-21(12-10-20)22-15-23-17-25(30)24(13-14-29(33,34)35)28(32)27(23)26(31)16-22/h2,9-12,15-19H,1,3-8H2. The Kier molecular flexibility index (Phi) is 7.25. The highest BCUT2D eigenvalue weighted by Gasteiger charge is 2.24. The van der Waals surface area contributed by atoms with Crippen LogP contribution in [0.3, 0.4) is 0 Å². The minimum Gasteiger partial charge on any atom is -0.206 e. The maximum atomic E-state index is 14.8. The van der Waals surface area contributed by atoms with Gasteiger partial charge in [-0.3, -0.25) is 0 Å². The first kappa shape index (κ1) is 24.9. The quantitative estimate of drug-likeness (QED) is 0.192. The third-order valence-corrected chi connectivity index (χ3v) is 6.76. The Hall–Kier alpha value is -3.20. The SMILES string of the molecule is C=CC1CCC(CCc2ccc(-c3cc(F)c4c(F)c(C#CC(F)(F)F)c(F)cc4c3)cc2)CC1. The zero-order chi connectivity index (χ0) is 25.2. The lowest BCUT2D eigenvalue weighted by Crippen LogP contribution is -2.13. The second-order valence-electron chi connectivity index (χ2n) is 9.10. The highest BCUT2D eigenvalue weighted by atomic mass is 19.4. The van der Waals surface area contributed by atoms with Crippen LogP contribution in [-0.4, -0.2) is 6.18 Å². The third-order valence-electron chi connectivity index (χ3n) is 6.76. The van der Waals surface area contributed by atoms with E-state index in [2.05, 4.69) is 6.58 Å². The summed E-state index contributed by atoms with van der Waals surface area (Å²) in [5.74, 6) is -0.118. The molecule has 0 heterocycles. The van der Waals surface area contributed by atoms with Gasteiger partial charge in [-0.05, 0) is 90.6 Å². The number of benzene rings is 3. The van der Waals surface area contributed by atoms with Crippen LogP contribution in [0.1, 0.15) is 43.2 Å². The Morgan fingerprint density at radius 3 is 2.20 bits per heavy atom. The van der Waals surface area contributed by atoms with Crippen molar-refractivity contribution < 1.29 is 26.3 Å². The van der Waals surface area contributed by atoms with Crippen molar-refractivity contribution in [2.45, 2.75) is 44.7 Å². The lowest BCUT2D eigenvalue weighted by Gasteiger charge is -2.26. The smallest absolute Gasteiger partial charge is 0.206 e. The van der Waals surface area contributed by atoms with E-state index in [0.29, 0.717) is 23.0 Å². The number of hydrogen-bond acceptors (Lipinski definition) is 0. The van der Waals surface area contributed by atoms with Gasteiger partial charge in [-0.15, -0.1) is 6.58 Å². The van der Waals surface area contributed by atoms with E-state index < -0.39 is 34.6 Å². The summed E-state index contributed by atoms with van der Waals surface area (Å²) in [7, 11) is 0. The summed E-state index contributed by atoms with van der Waals surface area (Å²) in [5.41, 5.74) is 1.13. The van der Waals surface area contributed by atoms with E-state index in [1.54, 1.807) is 0 Å². The van der Waals surface area contributed by atoms with Crippen LogP contribution in [-0.2, 0) is 6.42 Å². The number of halogens is 6. The molecule has 1 fully saturated rings. The molecule has 182 valence electrons. The van der Waals surface area contributed by atoms with Crippen LogP contribution in [0.15, 0.2) is 55.1 Å². The Balaban J connectivity index is 1.54. The predicted octanol–water partition coefficient (Wildman–Crippen LogP) is 8.76. The summed E-state index contributed by atoms with van der Waals surface area (Å²) in [5, 5.41) is -0.684. The van der Waals surface area contributed by atoms with Gasteiger partial charge in [0.1, 0.15) is 11.6 Å². The second-order valence-corrected chi connectivity index (χ2v) is 9.10. The van der Waals surface area contributed by atoms with Gasteiger partial charge >= 0.3 is 6.18 Å². The molecule has 0 spiro atoms. The molecule has 0 amide bonds. The number of fused-ring (bicyclic) bond motifs is 1. The van der Waals surface area contributed by atoms with Crippen LogP contribution < -0.4 is 0 Å². The molecule has 35 heavy (non-hydrogen) atoms. The lowest BCUT2D eigenvalue weighted by atomic mass is 9.79. The maximum absolute atomic E-state index is 14.8. The fourth-order valence-electron chi connectivity index (χ4n) is 4.77. The topological polar surface area (TPSA) is 0 Å². The van der Waals surface area contributed by atoms with Gasteiger partial charge in [0.25, 0.3) is 0 Å². The first-order chi connectivity index (χ1) is 16.6. The molecule has 1 aliphatic rings. The first-order valence-electron chi connectivity index (χ1n) is 11.6. The van der Waals surface area contributed by atoms with Crippen LogP contribution in [0.5, 0.6) is 0 Å². The van der Waals surface area contributed by atoms with E-state index in [-0.39, 0.29) is 5.39 Å². The van der Waals surface area contributed by atoms with E-state index in [1.807, 2.05) is 30.3 Å². The molecule has 3 aromatic rings. The molecule has 0 radical (unpaired) electrons. The number of alkyl halides is 3. The Labute approximate surface area is 200 Å². The molecule has 0 bridgehead atoms. The van der Waals surface area contributed by atoms with Gasteiger partial charge < -0.3 is 0 Å². The summed E-state index contributed by atoms with van der Waals surface area (Å²) < 4.78 is 80.8. The van der Waals surface area contributed by atoms with Crippen LogP contribution in [0.25, 0.3) is 21.9 Å². The van der Waals surface area contributed by atoms with Crippen LogP contribution in [0, 0.1) is 41.1 Å². The fourth-order valence-corrected chi connectivity index (χ4v) is 4.77. The van der Waals surface area contributed by atoms with Gasteiger partial charge in [0.05, 0.1) is 10.9 Å². The van der Waals surface area contributed by atoms with Gasteiger partial charge in [0.2, 0.25) is 0 Å². The Morgan fingerprint density at radius 2 is 1.57 bits per heavy atom. The van der Waals surface area contributed by atoms with Crippen LogP contribution in [0.2, 0.25) is 0 Å². The summed E-state index contributed by atoms with van der Waals surface area (Å²) in [4.78, 5) is 0. The molecule has 3 aromatic carbocycles. The summed E-state index contributed by atoms with van der Waals surface area (Å²) >= 11 is 0. The third kappa shape index (κ3) is 5.90. The van der Waals surface area contributed by atoms with E-state index in [0.717, 1.165) is 36.5 Å². The van der Waals surface area contributed by atoms with Gasteiger partial charge in [0, 0.05) is 5.92 Å². The van der Waals surface area contributed by atoms with E-state index in [1.165, 1.54) is 37.7 Å². The maximum Gasteiger partial charge on any atom is 0.458 e. The van der Waals surface area contributed by atoms with E-state index in [4.69, 9.17) is 0 Å². The average Bonchev–Trinajstić information content (AvgIpc) is 2.82. The number of allylic oxidation sites excluding steroid dienone is 1. The molecule has 0 atom stereocenters. The Bertz CT molecular complexity index is 1280. The molecule has 0 nitrogen and oxygen atoms in total. The summed E-state index contributed by atoms with van der Waals surface area (Å²) in [6.45, 7) is 3.88. The van der Waals surface area contributed by atoms with Crippen molar-refractivity contribution in [3.05, 3.63) is 83.7 Å². The largest absolute Gasteiger partial charge is 0.458 e. The lowest BCUT2D eigenvalue weighted by molar-refractivity contribution is -0.0696. The van der Waals surface area contributed by atoms with Gasteiger partial charge in [-0.2, -0.15) is 13.2 Å². The molecule has 1 aliphatic carbocycles. The minimum atomic E-state index is -4.92. The molecular weight excluding hydrogens is 462 g/mol. The van der Waals surface area contributed by atoms with Crippen molar-refractivity contribution in [1.82, 2.24) is 0 Å². The highest BCUT2D eigenvalue weighted by molar-refractivity contribution is 5.89.